The standard InChI is InChI=1S/C19H25N3OS2/c1-14(13-22-11-7-4-8-12-22)20-18(23)17-16(21-19(24-2)25-17)15-9-5-3-6-10-15/h3,5-6,9-10,14H,4,7-8,11-13H2,1-2H3,(H,20,23)/t14-/m0/s1. The van der Waals surface area contributed by atoms with Crippen LogP contribution in [0.1, 0.15) is 35.9 Å². The van der Waals surface area contributed by atoms with E-state index in [4.69, 9.17) is 0 Å². The van der Waals surface area contributed by atoms with Crippen molar-refractivity contribution in [2.75, 3.05) is 25.9 Å². The average Bonchev–Trinajstić information content (AvgIpc) is 3.08. The van der Waals surface area contributed by atoms with Crippen LogP contribution in [-0.2, 0) is 0 Å². The minimum atomic E-state index is -0.0128. The fourth-order valence-electron chi connectivity index (χ4n) is 3.20. The Kier molecular flexibility index (Phi) is 6.51. The van der Waals surface area contributed by atoms with Gasteiger partial charge in [0.15, 0.2) is 4.34 Å². The number of carbonyl (C=O) groups excluding carboxylic acids is 1. The van der Waals surface area contributed by atoms with Crippen LogP contribution in [0.2, 0.25) is 0 Å². The molecule has 0 bridgehead atoms. The predicted octanol–water partition coefficient (Wildman–Crippen LogP) is 4.14. The molecule has 0 spiro atoms. The van der Waals surface area contributed by atoms with Gasteiger partial charge in [-0.3, -0.25) is 4.79 Å². The molecule has 0 aliphatic carbocycles. The van der Waals surface area contributed by atoms with E-state index >= 15 is 0 Å². The Hall–Kier alpha value is -1.37. The minimum Gasteiger partial charge on any atom is -0.348 e. The third-order valence-corrected chi connectivity index (χ3v) is 6.43. The molecule has 1 aliphatic heterocycles. The smallest absolute Gasteiger partial charge is 0.263 e. The van der Waals surface area contributed by atoms with Gasteiger partial charge in [0.25, 0.3) is 5.91 Å². The van der Waals surface area contributed by atoms with Crippen molar-refractivity contribution >= 4 is 29.0 Å². The molecule has 0 radical (unpaired) electrons. The molecule has 0 unspecified atom stereocenters. The summed E-state index contributed by atoms with van der Waals surface area (Å²) in [6, 6.07) is 10.1. The van der Waals surface area contributed by atoms with Gasteiger partial charge in [0.05, 0.1) is 5.69 Å². The van der Waals surface area contributed by atoms with Crippen LogP contribution in [-0.4, -0.2) is 47.7 Å². The normalized spacial score (nSPS) is 16.6. The van der Waals surface area contributed by atoms with E-state index in [1.807, 2.05) is 36.6 Å². The molecule has 4 nitrogen and oxygen atoms in total. The Balaban J connectivity index is 1.71. The predicted molar refractivity (Wildman–Crippen MR) is 107 cm³/mol. The van der Waals surface area contributed by atoms with E-state index in [2.05, 4.69) is 22.1 Å². The van der Waals surface area contributed by atoms with Gasteiger partial charge in [0, 0.05) is 18.2 Å². The van der Waals surface area contributed by atoms with Gasteiger partial charge in [-0.2, -0.15) is 0 Å². The summed E-state index contributed by atoms with van der Waals surface area (Å²) in [7, 11) is 0. The summed E-state index contributed by atoms with van der Waals surface area (Å²) in [6.07, 6.45) is 5.86. The van der Waals surface area contributed by atoms with Crippen molar-refractivity contribution in [2.45, 2.75) is 36.6 Å². The number of rotatable bonds is 6. The van der Waals surface area contributed by atoms with Crippen LogP contribution in [0.25, 0.3) is 11.3 Å². The number of nitrogens with one attached hydrogen (secondary N) is 1. The van der Waals surface area contributed by atoms with E-state index in [9.17, 15) is 4.79 Å². The first-order valence-corrected chi connectivity index (χ1v) is 10.8. The van der Waals surface area contributed by atoms with Crippen LogP contribution in [0.5, 0.6) is 0 Å². The van der Waals surface area contributed by atoms with Crippen molar-refractivity contribution in [1.82, 2.24) is 15.2 Å². The number of likely N-dealkylation sites (tertiary alicyclic amines) is 1. The monoisotopic (exact) mass is 375 g/mol. The van der Waals surface area contributed by atoms with Crippen molar-refractivity contribution in [3.63, 3.8) is 0 Å². The fourth-order valence-corrected chi connectivity index (χ4v) is 4.69. The summed E-state index contributed by atoms with van der Waals surface area (Å²) < 4.78 is 0.924. The molecule has 1 amide bonds. The fraction of sp³-hybridized carbons (Fsp3) is 0.474. The molecule has 1 aromatic heterocycles. The molecule has 1 N–H and O–H groups in total. The van der Waals surface area contributed by atoms with E-state index in [1.54, 1.807) is 11.8 Å². The first-order chi connectivity index (χ1) is 12.2. The number of thiazole rings is 1. The second-order valence-electron chi connectivity index (χ2n) is 6.46. The first-order valence-electron chi connectivity index (χ1n) is 8.81. The topological polar surface area (TPSA) is 45.2 Å². The summed E-state index contributed by atoms with van der Waals surface area (Å²) in [5.74, 6) is -0.0128. The summed E-state index contributed by atoms with van der Waals surface area (Å²) in [5.41, 5.74) is 1.78. The van der Waals surface area contributed by atoms with E-state index in [0.29, 0.717) is 4.88 Å². The molecular formula is C19H25N3OS2. The summed E-state index contributed by atoms with van der Waals surface area (Å²) in [5, 5.41) is 3.17. The number of hydrogen-bond donors (Lipinski definition) is 1. The molecule has 134 valence electrons. The van der Waals surface area contributed by atoms with E-state index < -0.39 is 0 Å². The first kappa shape index (κ1) is 18.4. The molecule has 6 heteroatoms. The second kappa shape index (κ2) is 8.83. The van der Waals surface area contributed by atoms with Gasteiger partial charge in [-0.05, 0) is 39.1 Å². The van der Waals surface area contributed by atoms with E-state index in [1.165, 1.54) is 30.6 Å². The Morgan fingerprint density at radius 1 is 1.28 bits per heavy atom. The number of piperidine rings is 1. The average molecular weight is 376 g/mol. The van der Waals surface area contributed by atoms with Crippen LogP contribution in [0, 0.1) is 0 Å². The highest BCUT2D eigenvalue weighted by Crippen LogP contribution is 2.32. The maximum Gasteiger partial charge on any atom is 0.263 e. The van der Waals surface area contributed by atoms with Crippen molar-refractivity contribution in [2.24, 2.45) is 0 Å². The third kappa shape index (κ3) is 4.84. The van der Waals surface area contributed by atoms with Gasteiger partial charge in [-0.25, -0.2) is 4.98 Å². The van der Waals surface area contributed by atoms with Crippen LogP contribution in [0.15, 0.2) is 34.7 Å². The Labute approximate surface area is 158 Å². The van der Waals surface area contributed by atoms with Gasteiger partial charge >= 0.3 is 0 Å². The summed E-state index contributed by atoms with van der Waals surface area (Å²) >= 11 is 3.06. The Morgan fingerprint density at radius 2 is 2.00 bits per heavy atom. The van der Waals surface area contributed by atoms with Crippen LogP contribution >= 0.6 is 23.1 Å². The van der Waals surface area contributed by atoms with Crippen molar-refractivity contribution in [1.29, 1.82) is 0 Å². The summed E-state index contributed by atoms with van der Waals surface area (Å²) in [6.45, 7) is 5.30. The molecule has 2 heterocycles. The minimum absolute atomic E-state index is 0.0128. The molecule has 1 atom stereocenters. The van der Waals surface area contributed by atoms with Gasteiger partial charge in [-0.1, -0.05) is 48.5 Å². The molecular weight excluding hydrogens is 350 g/mol. The molecule has 1 aromatic carbocycles. The highest BCUT2D eigenvalue weighted by molar-refractivity contribution is 8.00. The SMILES string of the molecule is CSc1nc(-c2ccccc2)c(C(=O)N[C@@H](C)CN2CCCCC2)s1. The zero-order valence-corrected chi connectivity index (χ0v) is 16.5. The van der Waals surface area contributed by atoms with Gasteiger partial charge < -0.3 is 10.2 Å². The van der Waals surface area contributed by atoms with Crippen molar-refractivity contribution in [3.8, 4) is 11.3 Å². The number of thioether (sulfide) groups is 1. The quantitative estimate of drug-likeness (QED) is 0.771. The Bertz CT molecular complexity index is 696. The number of hydrogen-bond acceptors (Lipinski definition) is 5. The van der Waals surface area contributed by atoms with E-state index in [-0.39, 0.29) is 11.9 Å². The number of aromatic nitrogens is 1. The zero-order chi connectivity index (χ0) is 17.6. The Morgan fingerprint density at radius 3 is 2.68 bits per heavy atom. The van der Waals surface area contributed by atoms with Crippen LogP contribution in [0.4, 0.5) is 0 Å². The molecule has 1 aliphatic rings. The lowest BCUT2D eigenvalue weighted by molar-refractivity contribution is 0.0930. The number of nitrogens with zero attached hydrogens (tertiary/aromatic N) is 2. The lowest BCUT2D eigenvalue weighted by Crippen LogP contribution is -2.43. The van der Waals surface area contributed by atoms with Gasteiger partial charge in [-0.15, -0.1) is 11.3 Å². The van der Waals surface area contributed by atoms with Crippen LogP contribution < -0.4 is 5.32 Å². The number of amides is 1. The highest BCUT2D eigenvalue weighted by atomic mass is 32.2. The molecule has 1 saturated heterocycles. The zero-order valence-electron chi connectivity index (χ0n) is 14.8. The molecule has 2 aromatic rings. The number of carbonyl (C=O) groups is 1. The molecule has 0 saturated carbocycles. The lowest BCUT2D eigenvalue weighted by atomic mass is 10.1. The molecule has 1 fully saturated rings. The summed E-state index contributed by atoms with van der Waals surface area (Å²) in [4.78, 5) is 20.7. The maximum atomic E-state index is 12.9. The van der Waals surface area contributed by atoms with Crippen molar-refractivity contribution < 1.29 is 4.79 Å². The maximum absolute atomic E-state index is 12.9. The lowest BCUT2D eigenvalue weighted by Gasteiger charge is -2.29. The molecule has 3 rings (SSSR count). The third-order valence-electron chi connectivity index (χ3n) is 4.39. The second-order valence-corrected chi connectivity index (χ2v) is 8.52. The molecule has 25 heavy (non-hydrogen) atoms. The largest absolute Gasteiger partial charge is 0.348 e. The van der Waals surface area contributed by atoms with Gasteiger partial charge in [0.2, 0.25) is 0 Å². The van der Waals surface area contributed by atoms with Crippen LogP contribution in [0.3, 0.4) is 0 Å². The highest BCUT2D eigenvalue weighted by Gasteiger charge is 2.21. The van der Waals surface area contributed by atoms with Gasteiger partial charge in [0.1, 0.15) is 4.88 Å². The van der Waals surface area contributed by atoms with E-state index in [0.717, 1.165) is 35.2 Å². The number of benzene rings is 1. The van der Waals surface area contributed by atoms with Crippen molar-refractivity contribution in [3.05, 3.63) is 35.2 Å².